The number of aromatic carboxylic acids is 1. The molecule has 3 rings (SSSR count). The molecule has 1 radical (unpaired) electrons. The molecule has 0 aliphatic carbocycles. The van der Waals surface area contributed by atoms with Gasteiger partial charge in [0, 0.05) is 26.3 Å². The van der Waals surface area contributed by atoms with Crippen molar-refractivity contribution in [2.75, 3.05) is 0 Å². The number of rotatable bonds is 2. The number of carbonyl (C=O) groups is 1. The van der Waals surface area contributed by atoms with E-state index in [1.165, 1.54) is 11.6 Å². The topological polar surface area (TPSA) is 50.2 Å². The fourth-order valence-corrected chi connectivity index (χ4v) is 2.08. The van der Waals surface area contributed by atoms with E-state index in [1.54, 1.807) is 24.4 Å². The van der Waals surface area contributed by atoms with Gasteiger partial charge >= 0.3 is 0 Å². The van der Waals surface area contributed by atoms with Crippen LogP contribution in [0.5, 0.6) is 0 Å². The van der Waals surface area contributed by atoms with Crippen molar-refractivity contribution >= 4 is 5.97 Å². The van der Waals surface area contributed by atoms with Crippen molar-refractivity contribution in [2.24, 2.45) is 0 Å². The van der Waals surface area contributed by atoms with Crippen LogP contribution in [0.3, 0.4) is 0 Å². The maximum Gasteiger partial charge on any atom is 0.247 e. The minimum absolute atomic E-state index is 0. The van der Waals surface area contributed by atoms with Gasteiger partial charge in [-0.3, -0.25) is 0 Å². The molecule has 1 N–H and O–H groups in total. The smallest absolute Gasteiger partial charge is 0.247 e. The fraction of sp³-hybridized carbons (Fsp3) is 0.100. The van der Waals surface area contributed by atoms with E-state index in [-0.39, 0.29) is 25.7 Å². The third-order valence-electron chi connectivity index (χ3n) is 3.03. The van der Waals surface area contributed by atoms with Gasteiger partial charge < -0.3 is 14.9 Å². The van der Waals surface area contributed by atoms with E-state index in [0.717, 1.165) is 16.8 Å². The summed E-state index contributed by atoms with van der Waals surface area (Å²) in [5.41, 5.74) is 4.67. The average Bonchev–Trinajstić information content (AvgIpc) is 2.56. The zero-order valence-electron chi connectivity index (χ0n) is 13.4. The van der Waals surface area contributed by atoms with Crippen molar-refractivity contribution in [3.05, 3.63) is 89.6 Å². The Hall–Kier alpha value is -2.29. The molecule has 3 nitrogen and oxygen atoms in total. The largest absolute Gasteiger partial charge is 0.521 e. The van der Waals surface area contributed by atoms with Crippen LogP contribution in [0, 0.1) is 26.0 Å². The number of carboxylic acids is 1. The molecular formula is C20H17IrNO2-2. The second-order valence-corrected chi connectivity index (χ2v) is 5.05. The molecule has 0 amide bonds. The van der Waals surface area contributed by atoms with Crippen LogP contribution in [0.4, 0.5) is 0 Å². The van der Waals surface area contributed by atoms with E-state index in [9.17, 15) is 4.79 Å². The standard InChI is InChI=1S/C13H12N.C7H5O2.Ir/c1-10-7-11(2)9-12(8-10)13-5-3-4-6-14-13;8-7(9)6-4-2-1-3-5-6;/h3-8H,1-2H3;1-4H,(H,8,9);/q2*-1;. The number of hydrogen-bond acceptors (Lipinski definition) is 2. The van der Waals surface area contributed by atoms with Gasteiger partial charge in [0.05, 0.1) is 0 Å². The molecule has 0 bridgehead atoms. The average molecular weight is 496 g/mol. The molecule has 0 saturated carbocycles. The van der Waals surface area contributed by atoms with Crippen LogP contribution in [0.2, 0.25) is 0 Å². The summed E-state index contributed by atoms with van der Waals surface area (Å²) in [5, 5.41) is 8.35. The first-order valence-electron chi connectivity index (χ1n) is 7.18. The minimum Gasteiger partial charge on any atom is -0.521 e. The molecule has 125 valence electrons. The number of aromatic nitrogens is 1. The van der Waals surface area contributed by atoms with Crippen molar-refractivity contribution in [1.29, 1.82) is 0 Å². The number of pyridine rings is 1. The molecule has 24 heavy (non-hydrogen) atoms. The van der Waals surface area contributed by atoms with Crippen LogP contribution in [0.25, 0.3) is 11.3 Å². The van der Waals surface area contributed by atoms with E-state index in [4.69, 9.17) is 5.11 Å². The zero-order chi connectivity index (χ0) is 16.7. The second-order valence-electron chi connectivity index (χ2n) is 5.05. The summed E-state index contributed by atoms with van der Waals surface area (Å²) >= 11 is 0. The molecule has 0 saturated heterocycles. The minimum atomic E-state index is -0.935. The molecule has 0 fully saturated rings. The molecule has 3 aromatic rings. The number of aryl methyl sites for hydroxylation is 2. The first-order chi connectivity index (χ1) is 11.1. The van der Waals surface area contributed by atoms with Crippen LogP contribution in [0.1, 0.15) is 21.5 Å². The van der Waals surface area contributed by atoms with Gasteiger partial charge in [0.25, 0.3) is 0 Å². The third-order valence-corrected chi connectivity index (χ3v) is 3.03. The third kappa shape index (κ3) is 6.07. The van der Waals surface area contributed by atoms with Crippen LogP contribution < -0.4 is 0 Å². The number of carboxylic acid groups (broad SMARTS) is 1. The van der Waals surface area contributed by atoms with Gasteiger partial charge in [-0.15, -0.1) is 65.2 Å². The quantitative estimate of drug-likeness (QED) is 0.538. The first-order valence-corrected chi connectivity index (χ1v) is 7.18. The monoisotopic (exact) mass is 496 g/mol. The van der Waals surface area contributed by atoms with Crippen molar-refractivity contribution in [2.45, 2.75) is 13.8 Å². The van der Waals surface area contributed by atoms with Crippen LogP contribution in [0.15, 0.2) is 60.8 Å². The summed E-state index contributed by atoms with van der Waals surface area (Å²) in [5.74, 6) is -0.935. The molecule has 0 atom stereocenters. The Morgan fingerprint density at radius 3 is 2.33 bits per heavy atom. The summed E-state index contributed by atoms with van der Waals surface area (Å²) < 4.78 is 0. The summed E-state index contributed by atoms with van der Waals surface area (Å²) in [7, 11) is 0. The fourth-order valence-electron chi connectivity index (χ4n) is 2.08. The Bertz CT molecular complexity index is 754. The van der Waals surface area contributed by atoms with Crippen LogP contribution in [-0.4, -0.2) is 16.1 Å². The Labute approximate surface area is 155 Å². The van der Waals surface area contributed by atoms with Crippen molar-refractivity contribution in [1.82, 2.24) is 4.98 Å². The van der Waals surface area contributed by atoms with Gasteiger partial charge in [0.15, 0.2) is 0 Å². The van der Waals surface area contributed by atoms with E-state index in [2.05, 4.69) is 43.1 Å². The predicted molar refractivity (Wildman–Crippen MR) is 90.2 cm³/mol. The maximum atomic E-state index is 10.2. The molecule has 0 aliphatic heterocycles. The Kier molecular flexibility index (Phi) is 8.03. The van der Waals surface area contributed by atoms with E-state index in [1.807, 2.05) is 18.2 Å². The predicted octanol–water partition coefficient (Wildman–Crippen LogP) is 4.35. The van der Waals surface area contributed by atoms with Gasteiger partial charge in [0.1, 0.15) is 0 Å². The van der Waals surface area contributed by atoms with E-state index < -0.39 is 5.97 Å². The van der Waals surface area contributed by atoms with E-state index in [0.29, 0.717) is 0 Å². The van der Waals surface area contributed by atoms with Gasteiger partial charge in [-0.1, -0.05) is 31.5 Å². The maximum absolute atomic E-state index is 10.2. The van der Waals surface area contributed by atoms with Gasteiger partial charge in [-0.25, -0.2) is 0 Å². The second kappa shape index (κ2) is 9.76. The Balaban J connectivity index is 0.000000252. The number of benzene rings is 2. The molecule has 4 heteroatoms. The number of hydrogen-bond donors (Lipinski definition) is 1. The summed E-state index contributed by atoms with van der Waals surface area (Å²) in [6.07, 6.45) is 1.81. The first kappa shape index (κ1) is 19.8. The zero-order valence-corrected chi connectivity index (χ0v) is 15.8. The molecule has 0 spiro atoms. The molecular weight excluding hydrogens is 478 g/mol. The molecule has 0 unspecified atom stereocenters. The van der Waals surface area contributed by atoms with Crippen molar-refractivity contribution in [3.8, 4) is 11.3 Å². The summed E-state index contributed by atoms with van der Waals surface area (Å²) in [6, 6.07) is 22.5. The molecule has 0 aliphatic rings. The summed E-state index contributed by atoms with van der Waals surface area (Å²) in [4.78, 5) is 14.5. The molecule has 1 aromatic heterocycles. The van der Waals surface area contributed by atoms with E-state index >= 15 is 0 Å². The Morgan fingerprint density at radius 1 is 1.08 bits per heavy atom. The van der Waals surface area contributed by atoms with Crippen LogP contribution >= 0.6 is 0 Å². The van der Waals surface area contributed by atoms with Crippen molar-refractivity contribution in [3.63, 3.8) is 0 Å². The Morgan fingerprint density at radius 2 is 1.83 bits per heavy atom. The summed E-state index contributed by atoms with van der Waals surface area (Å²) in [6.45, 7) is 4.15. The van der Waals surface area contributed by atoms with Crippen molar-refractivity contribution < 1.29 is 30.0 Å². The normalized spacial score (nSPS) is 9.25. The van der Waals surface area contributed by atoms with Gasteiger partial charge in [0.2, 0.25) is 5.97 Å². The SMILES string of the molecule is Cc1[c-]c(-c2ccccn2)cc(C)c1.O=C(O)c1[c-]cccc1.[Ir]. The molecule has 1 heterocycles. The number of nitrogens with zero attached hydrogens (tertiary/aromatic N) is 1. The van der Waals surface area contributed by atoms with Gasteiger partial charge in [-0.05, 0) is 11.8 Å². The van der Waals surface area contributed by atoms with Gasteiger partial charge in [-0.2, -0.15) is 0 Å². The van der Waals surface area contributed by atoms with Crippen LogP contribution in [-0.2, 0) is 20.1 Å². The molecule has 2 aromatic carbocycles.